The largest absolute Gasteiger partial charge is 0.302 e. The van der Waals surface area contributed by atoms with Crippen molar-refractivity contribution >= 4 is 46.0 Å². The van der Waals surface area contributed by atoms with Crippen LogP contribution in [0.15, 0.2) is 219 Å². The van der Waals surface area contributed by atoms with E-state index in [-0.39, 0.29) is 24.2 Å². The van der Waals surface area contributed by atoms with Crippen LogP contribution in [0.3, 0.4) is 0 Å². The Hall–Kier alpha value is -9.40. The van der Waals surface area contributed by atoms with Gasteiger partial charge < -0.3 is 19.6 Å². The van der Waals surface area contributed by atoms with Crippen LogP contribution in [0.4, 0.5) is 46.0 Å². The molecule has 2 aromatic heterocycles. The van der Waals surface area contributed by atoms with Crippen molar-refractivity contribution in [2.24, 2.45) is 11.3 Å². The molecule has 0 saturated heterocycles. The molecule has 14 rings (SSSR count). The van der Waals surface area contributed by atoms with Gasteiger partial charge in [-0.3, -0.25) is 0 Å². The van der Waals surface area contributed by atoms with Gasteiger partial charge in [0.2, 0.25) is 0 Å². The average molecular weight is 1110 g/mol. The number of hydrogen-bond acceptors (Lipinski definition) is 8. The van der Waals surface area contributed by atoms with E-state index in [0.29, 0.717) is 0 Å². The van der Waals surface area contributed by atoms with Crippen LogP contribution in [0, 0.1) is 52.9 Å². The van der Waals surface area contributed by atoms with E-state index < -0.39 is 10.8 Å². The van der Waals surface area contributed by atoms with Crippen LogP contribution >= 0.6 is 0 Å². The van der Waals surface area contributed by atoms with E-state index in [0.717, 1.165) is 121 Å². The Kier molecular flexibility index (Phi) is 13.1. The maximum Gasteiger partial charge on any atom is 0.179 e. The molecule has 420 valence electrons. The second-order valence-electron chi connectivity index (χ2n) is 24.5. The van der Waals surface area contributed by atoms with Crippen LogP contribution in [0.1, 0.15) is 83.5 Å². The lowest BCUT2D eigenvalue weighted by Gasteiger charge is -2.56. The minimum atomic E-state index is -0.499. The van der Waals surface area contributed by atoms with Gasteiger partial charge in [-0.1, -0.05) is 184 Å². The van der Waals surface area contributed by atoms with Gasteiger partial charge in [-0.05, 0) is 142 Å². The summed E-state index contributed by atoms with van der Waals surface area (Å²) in [5, 5.41) is 0. The van der Waals surface area contributed by atoms with E-state index in [9.17, 15) is 0 Å². The van der Waals surface area contributed by atoms with Crippen molar-refractivity contribution in [3.05, 3.63) is 264 Å². The van der Waals surface area contributed by atoms with E-state index >= 15 is 0 Å². The van der Waals surface area contributed by atoms with Gasteiger partial charge in [-0.25, -0.2) is 19.9 Å². The number of allylic oxidation sites excluding steroid dienone is 2. The molecular weight excluding hydrogens is 1040 g/mol. The molecule has 0 spiro atoms. The second kappa shape index (κ2) is 20.7. The zero-order chi connectivity index (χ0) is 58.5. The van der Waals surface area contributed by atoms with Gasteiger partial charge in [-0.15, -0.1) is 13.2 Å². The number of aryl methyl sites for hydroxylation is 6. The van der Waals surface area contributed by atoms with Crippen LogP contribution < -0.4 is 19.6 Å². The highest BCUT2D eigenvalue weighted by atomic mass is 15.5. The van der Waals surface area contributed by atoms with E-state index in [1.165, 1.54) is 33.4 Å². The fourth-order valence-corrected chi connectivity index (χ4v) is 15.5. The lowest BCUT2D eigenvalue weighted by Crippen LogP contribution is -2.58. The Labute approximate surface area is 501 Å². The van der Waals surface area contributed by atoms with Gasteiger partial charge in [0.05, 0.1) is 22.8 Å². The molecule has 0 aliphatic carbocycles. The van der Waals surface area contributed by atoms with Crippen molar-refractivity contribution in [1.82, 2.24) is 19.9 Å². The normalized spacial score (nSPS) is 20.7. The molecule has 0 fully saturated rings. The first-order valence-electron chi connectivity index (χ1n) is 30.2. The van der Waals surface area contributed by atoms with Gasteiger partial charge in [0, 0.05) is 67.7 Å². The number of aromatic nitrogens is 4. The Morgan fingerprint density at radius 1 is 0.435 bits per heavy atom. The number of hydrogen-bond donors (Lipinski definition) is 0. The van der Waals surface area contributed by atoms with Crippen LogP contribution in [0.5, 0.6) is 0 Å². The summed E-state index contributed by atoms with van der Waals surface area (Å²) in [4.78, 5) is 33.9. The molecule has 8 aromatic carbocycles. The maximum atomic E-state index is 5.98. The summed E-state index contributed by atoms with van der Waals surface area (Å²) in [5.74, 6) is 3.36. The van der Waals surface area contributed by atoms with Gasteiger partial charge in [0.1, 0.15) is 12.3 Å². The summed E-state index contributed by atoms with van der Waals surface area (Å²) in [7, 11) is 0. The topological polar surface area (TPSA) is 64.5 Å². The van der Waals surface area contributed by atoms with Gasteiger partial charge in [0.15, 0.2) is 23.3 Å². The zero-order valence-corrected chi connectivity index (χ0v) is 50.1. The molecule has 0 saturated carbocycles. The van der Waals surface area contributed by atoms with E-state index in [4.69, 9.17) is 26.5 Å². The zero-order valence-electron chi connectivity index (χ0n) is 50.1. The summed E-state index contributed by atoms with van der Waals surface area (Å²) in [6, 6.07) is 70.2. The summed E-state index contributed by atoms with van der Waals surface area (Å²) in [6.07, 6.45) is 6.33. The number of para-hydroxylation sites is 4. The fourth-order valence-electron chi connectivity index (χ4n) is 15.5. The SMILES string of the molecule is C=CCC1(CCC2(C)C(C=C)c3ccccc3N3c4nc(-c5ccccc5C)c(-c5ccccc5C)nc4N(c4ccccc4)C32)c2ccccc2N2c3nc(-c4c(C)cccc4C)c(-c4c(C)cccc4C)nc3N(c3ccccc3)C2C1C. The minimum Gasteiger partial charge on any atom is -0.302 e. The quantitative estimate of drug-likeness (QED) is 0.112. The molecule has 10 aromatic rings. The molecule has 4 aliphatic rings. The highest BCUT2D eigenvalue weighted by molar-refractivity contribution is 5.95. The molecule has 0 bridgehead atoms. The first-order chi connectivity index (χ1) is 41.4. The first-order valence-corrected chi connectivity index (χ1v) is 30.2. The smallest absolute Gasteiger partial charge is 0.179 e. The molecule has 8 nitrogen and oxygen atoms in total. The summed E-state index contributed by atoms with van der Waals surface area (Å²) in [6.45, 7) is 27.5. The first kappa shape index (κ1) is 53.6. The molecule has 0 radical (unpaired) electrons. The third kappa shape index (κ3) is 8.15. The standard InChI is InChI=1S/C77H72N8/c1-11-45-77(54(9)74-82(55-35-15-13-16-36-55)70-72(84(74)63-44-26-24-42-61(63)77)81-69(65-52(7)33-28-34-53(65)8)68(80-70)64-50(5)31-27-32-51(64)6)47-46-76(10)60(12-2)59-41-23-25-43-62(59)85-73-71(83(75(76)85)56-37-17-14-18-38-56)78-66(57-39-21-19-29-48(57)3)67(79-73)58-40-22-20-30-49(58)4/h11-44,54,60,74-75H,1-2,45-47H2,3-10H3. The molecule has 6 heterocycles. The summed E-state index contributed by atoms with van der Waals surface area (Å²) < 4.78 is 0. The monoisotopic (exact) mass is 1110 g/mol. The van der Waals surface area contributed by atoms with Crippen molar-refractivity contribution in [2.75, 3.05) is 19.6 Å². The molecule has 8 heteroatoms. The van der Waals surface area contributed by atoms with Crippen LogP contribution in [0.2, 0.25) is 0 Å². The van der Waals surface area contributed by atoms with Crippen molar-refractivity contribution in [3.63, 3.8) is 0 Å². The molecule has 0 N–H and O–H groups in total. The van der Waals surface area contributed by atoms with Crippen LogP contribution in [0.25, 0.3) is 45.0 Å². The number of anilines is 8. The van der Waals surface area contributed by atoms with Gasteiger partial charge in [0.25, 0.3) is 0 Å². The molecule has 6 atom stereocenters. The summed E-state index contributed by atoms with van der Waals surface area (Å²) >= 11 is 0. The van der Waals surface area contributed by atoms with E-state index in [1.54, 1.807) is 0 Å². The molecule has 0 amide bonds. The minimum absolute atomic E-state index is 0.00402. The predicted molar refractivity (Wildman–Crippen MR) is 352 cm³/mol. The molecule has 4 aliphatic heterocycles. The Balaban J connectivity index is 0.977. The third-order valence-corrected chi connectivity index (χ3v) is 19.7. The highest BCUT2D eigenvalue weighted by Crippen LogP contribution is 2.65. The average Bonchev–Trinajstić information content (AvgIpc) is 1.63. The predicted octanol–water partition coefficient (Wildman–Crippen LogP) is 19.3. The molecule has 6 unspecified atom stereocenters. The molecular formula is C77H72N8. The lowest BCUT2D eigenvalue weighted by molar-refractivity contribution is 0.141. The number of nitrogens with zero attached hydrogens (tertiary/aromatic N) is 8. The Morgan fingerprint density at radius 3 is 1.41 bits per heavy atom. The van der Waals surface area contributed by atoms with Gasteiger partial charge >= 0.3 is 0 Å². The number of rotatable bonds is 12. The lowest BCUT2D eigenvalue weighted by atomic mass is 9.57. The highest BCUT2D eigenvalue weighted by Gasteiger charge is 2.60. The number of benzene rings is 8. The Bertz CT molecular complexity index is 4240. The van der Waals surface area contributed by atoms with Crippen LogP contribution in [-0.4, -0.2) is 32.3 Å². The van der Waals surface area contributed by atoms with E-state index in [1.807, 2.05) is 0 Å². The van der Waals surface area contributed by atoms with Crippen molar-refractivity contribution in [2.45, 2.75) is 98.3 Å². The molecule has 85 heavy (non-hydrogen) atoms. The van der Waals surface area contributed by atoms with E-state index in [2.05, 4.69) is 288 Å². The maximum absolute atomic E-state index is 5.98. The summed E-state index contributed by atoms with van der Waals surface area (Å²) in [5.41, 5.74) is 20.9. The number of fused-ring (bicyclic) bond motifs is 10. The third-order valence-electron chi connectivity index (χ3n) is 19.7. The van der Waals surface area contributed by atoms with Crippen molar-refractivity contribution in [1.29, 1.82) is 0 Å². The van der Waals surface area contributed by atoms with Crippen molar-refractivity contribution < 1.29 is 0 Å². The Morgan fingerprint density at radius 2 is 0.871 bits per heavy atom. The van der Waals surface area contributed by atoms with Gasteiger partial charge in [-0.2, -0.15) is 0 Å². The van der Waals surface area contributed by atoms with Crippen molar-refractivity contribution in [3.8, 4) is 45.0 Å². The fraction of sp³-hybridized carbons (Fsp3) is 0.221. The second-order valence-corrected chi connectivity index (χ2v) is 24.5. The van der Waals surface area contributed by atoms with Crippen LogP contribution in [-0.2, 0) is 5.41 Å².